The number of ketones is 1. The van der Waals surface area contributed by atoms with E-state index in [1.807, 2.05) is 6.07 Å². The van der Waals surface area contributed by atoms with Gasteiger partial charge in [0.05, 0.1) is 34.1 Å². The van der Waals surface area contributed by atoms with Crippen molar-refractivity contribution in [3.05, 3.63) is 101 Å². The van der Waals surface area contributed by atoms with Gasteiger partial charge in [0.25, 0.3) is 11.8 Å². The smallest absolute Gasteiger partial charge is 0.258 e. The van der Waals surface area contributed by atoms with Crippen molar-refractivity contribution in [3.8, 4) is 5.75 Å². The number of Topliss-reactive ketones (excluding diaryl/α,β-unsaturated/α-hetero) is 1. The standard InChI is InChI=1S/C47H57ClN8O6/c1-10-46(6,7)29-17-24-38(34(26-29)47(8,9)11-2)62-25-13-16-39(58)50-32-22-23-35(48)36(27-32)52-44(61)41(42(59)45(3,4)5)56-37-15-12-14-33(40(37)54-55-56)43(60)51-30-18-20-31(21-19-30)53-49-28-57/h12,14-15,17-24,26-28,41,53H,10-11,13,16,25H2,1-9H3,(H,49,57)(H,50,58)(H,51,60)(H,52,61)/t41-/m1/s1. The Morgan fingerprint density at radius 1 is 0.806 bits per heavy atom. The quantitative estimate of drug-likeness (QED) is 0.0233. The van der Waals surface area contributed by atoms with Crippen molar-refractivity contribution in [1.29, 1.82) is 0 Å². The Morgan fingerprint density at radius 3 is 2.15 bits per heavy atom. The second-order valence-electron chi connectivity index (χ2n) is 17.5. The van der Waals surface area contributed by atoms with Crippen molar-refractivity contribution in [1.82, 2.24) is 20.4 Å². The Kier molecular flexibility index (Phi) is 14.8. The zero-order chi connectivity index (χ0) is 45.4. The van der Waals surface area contributed by atoms with Crippen LogP contribution in [0, 0.1) is 5.41 Å². The van der Waals surface area contributed by atoms with Crippen LogP contribution >= 0.6 is 11.6 Å². The van der Waals surface area contributed by atoms with Gasteiger partial charge in [-0.15, -0.1) is 5.10 Å². The van der Waals surface area contributed by atoms with Crippen molar-refractivity contribution in [2.24, 2.45) is 5.41 Å². The van der Waals surface area contributed by atoms with Crippen molar-refractivity contribution in [2.75, 3.05) is 28.0 Å². The highest BCUT2D eigenvalue weighted by atomic mass is 35.5. The molecule has 0 radical (unpaired) electrons. The van der Waals surface area contributed by atoms with Gasteiger partial charge in [-0.2, -0.15) is 0 Å². The molecule has 0 saturated carbocycles. The van der Waals surface area contributed by atoms with Gasteiger partial charge in [0.15, 0.2) is 11.8 Å². The molecule has 0 fully saturated rings. The lowest BCUT2D eigenvalue weighted by Gasteiger charge is -2.30. The third-order valence-corrected chi connectivity index (χ3v) is 11.5. The normalized spacial score (nSPS) is 12.3. The fraction of sp³-hybridized carbons (Fsp3) is 0.383. The fourth-order valence-electron chi connectivity index (χ4n) is 6.57. The van der Waals surface area contributed by atoms with E-state index in [1.54, 1.807) is 75.4 Å². The number of rotatable bonds is 19. The minimum Gasteiger partial charge on any atom is -0.493 e. The number of hydrazine groups is 1. The topological polar surface area (TPSA) is 185 Å². The summed E-state index contributed by atoms with van der Waals surface area (Å²) in [6, 6.07) is 21.0. The Hall–Kier alpha value is -6.28. The number of hydrogen-bond donors (Lipinski definition) is 5. The van der Waals surface area contributed by atoms with Crippen molar-refractivity contribution in [2.45, 2.75) is 105 Å². The average molecular weight is 865 g/mol. The zero-order valence-electron chi connectivity index (χ0n) is 36.9. The number of ether oxygens (including phenoxy) is 1. The predicted octanol–water partition coefficient (Wildman–Crippen LogP) is 9.38. The lowest BCUT2D eigenvalue weighted by atomic mass is 9.76. The first-order valence-electron chi connectivity index (χ1n) is 20.7. The number of amides is 4. The Morgan fingerprint density at radius 2 is 1.48 bits per heavy atom. The summed E-state index contributed by atoms with van der Waals surface area (Å²) in [7, 11) is 0. The molecule has 5 N–H and O–H groups in total. The molecule has 15 heteroatoms. The summed E-state index contributed by atoms with van der Waals surface area (Å²) in [5.74, 6) is -1.14. The van der Waals surface area contributed by atoms with Gasteiger partial charge in [-0.05, 0) is 96.3 Å². The molecule has 62 heavy (non-hydrogen) atoms. The summed E-state index contributed by atoms with van der Waals surface area (Å²) >= 11 is 6.55. The monoisotopic (exact) mass is 864 g/mol. The van der Waals surface area contributed by atoms with Crippen LogP contribution in [0.4, 0.5) is 22.7 Å². The van der Waals surface area contributed by atoms with Gasteiger partial charge in [0.1, 0.15) is 11.3 Å². The zero-order valence-corrected chi connectivity index (χ0v) is 37.6. The van der Waals surface area contributed by atoms with Crippen LogP contribution in [-0.2, 0) is 30.0 Å². The number of anilines is 4. The van der Waals surface area contributed by atoms with Gasteiger partial charge in [0.2, 0.25) is 12.3 Å². The Bertz CT molecular complexity index is 2440. The molecule has 1 aromatic heterocycles. The third kappa shape index (κ3) is 11.1. The van der Waals surface area contributed by atoms with Crippen LogP contribution in [0.25, 0.3) is 11.0 Å². The summed E-state index contributed by atoms with van der Waals surface area (Å²) in [5, 5.41) is 17.1. The summed E-state index contributed by atoms with van der Waals surface area (Å²) < 4.78 is 7.47. The molecule has 0 spiro atoms. The molecule has 0 aliphatic carbocycles. The van der Waals surface area contributed by atoms with Crippen LogP contribution in [0.2, 0.25) is 5.02 Å². The van der Waals surface area contributed by atoms with E-state index in [1.165, 1.54) is 16.3 Å². The molecular weight excluding hydrogens is 808 g/mol. The summed E-state index contributed by atoms with van der Waals surface area (Å²) in [4.78, 5) is 65.3. The maximum atomic E-state index is 14.2. The Labute approximate surface area is 367 Å². The van der Waals surface area contributed by atoms with E-state index in [0.29, 0.717) is 36.5 Å². The summed E-state index contributed by atoms with van der Waals surface area (Å²) in [6.45, 7) is 18.7. The Balaban J connectivity index is 1.28. The van der Waals surface area contributed by atoms with E-state index in [2.05, 4.69) is 90.8 Å². The number of nitrogens with one attached hydrogen (secondary N) is 5. The second kappa shape index (κ2) is 19.6. The molecule has 0 bridgehead atoms. The number of hydrogen-bond acceptors (Lipinski definition) is 9. The van der Waals surface area contributed by atoms with Crippen molar-refractivity contribution >= 4 is 75.3 Å². The molecule has 14 nitrogen and oxygen atoms in total. The van der Waals surface area contributed by atoms with E-state index in [9.17, 15) is 24.0 Å². The highest BCUT2D eigenvalue weighted by molar-refractivity contribution is 6.34. The maximum Gasteiger partial charge on any atom is 0.258 e. The summed E-state index contributed by atoms with van der Waals surface area (Å²) in [6.07, 6.45) is 3.10. The minimum absolute atomic E-state index is 0.0376. The van der Waals surface area contributed by atoms with E-state index < -0.39 is 29.1 Å². The van der Waals surface area contributed by atoms with Crippen LogP contribution in [0.5, 0.6) is 5.75 Å². The minimum atomic E-state index is -1.51. The van der Waals surface area contributed by atoms with Crippen LogP contribution in [0.15, 0.2) is 78.9 Å². The summed E-state index contributed by atoms with van der Waals surface area (Å²) in [5.41, 5.74) is 8.62. The molecule has 0 unspecified atom stereocenters. The molecule has 1 atom stereocenters. The first-order chi connectivity index (χ1) is 29.3. The van der Waals surface area contributed by atoms with E-state index in [0.717, 1.165) is 24.2 Å². The van der Waals surface area contributed by atoms with Gasteiger partial charge in [0, 0.05) is 28.8 Å². The van der Waals surface area contributed by atoms with Gasteiger partial charge in [-0.1, -0.05) is 97.3 Å². The SMILES string of the molecule is CCC(C)(C)c1ccc(OCCCC(=O)Nc2ccc(Cl)c(NC(=O)[C@@H](C(=O)C(C)(C)C)n3nnc4c(C(=O)Nc5ccc(NNC=O)cc5)cccc43)c2)c(C(C)(C)CC)c1. The lowest BCUT2D eigenvalue weighted by Crippen LogP contribution is -2.39. The molecule has 328 valence electrons. The number of carbonyl (C=O) groups is 5. The molecular formula is C47H57ClN8O6. The fourth-order valence-corrected chi connectivity index (χ4v) is 6.74. The van der Waals surface area contributed by atoms with Gasteiger partial charge in [-0.25, -0.2) is 4.68 Å². The number of aromatic nitrogens is 3. The first-order valence-corrected chi connectivity index (χ1v) is 21.1. The number of carbonyl (C=O) groups excluding carboxylic acids is 5. The average Bonchev–Trinajstić information content (AvgIpc) is 3.66. The molecule has 0 saturated heterocycles. The largest absolute Gasteiger partial charge is 0.493 e. The predicted molar refractivity (Wildman–Crippen MR) is 245 cm³/mol. The van der Waals surface area contributed by atoms with Crippen molar-refractivity contribution < 1.29 is 28.7 Å². The second-order valence-corrected chi connectivity index (χ2v) is 17.9. The van der Waals surface area contributed by atoms with Crippen LogP contribution < -0.4 is 31.5 Å². The van der Waals surface area contributed by atoms with Crippen LogP contribution in [0.3, 0.4) is 0 Å². The maximum absolute atomic E-state index is 14.2. The van der Waals surface area contributed by atoms with Gasteiger partial charge in [-0.3, -0.25) is 34.8 Å². The first kappa shape index (κ1) is 46.8. The molecule has 5 rings (SSSR count). The number of fused-ring (bicyclic) bond motifs is 1. The van der Waals surface area contributed by atoms with Crippen molar-refractivity contribution in [3.63, 3.8) is 0 Å². The third-order valence-electron chi connectivity index (χ3n) is 11.2. The number of benzene rings is 4. The van der Waals surface area contributed by atoms with Gasteiger partial charge >= 0.3 is 0 Å². The molecule has 4 amide bonds. The van der Waals surface area contributed by atoms with Crippen LogP contribution in [-0.4, -0.2) is 51.5 Å². The molecule has 4 aromatic carbocycles. The molecule has 5 aromatic rings. The number of nitrogens with zero attached hydrogens (tertiary/aromatic N) is 3. The molecule has 1 heterocycles. The van der Waals surface area contributed by atoms with E-state index in [4.69, 9.17) is 16.3 Å². The van der Waals surface area contributed by atoms with Crippen LogP contribution in [0.1, 0.15) is 116 Å². The van der Waals surface area contributed by atoms with Gasteiger partial charge < -0.3 is 20.7 Å². The number of halogens is 1. The molecule has 0 aliphatic rings. The van der Waals surface area contributed by atoms with E-state index >= 15 is 0 Å². The van der Waals surface area contributed by atoms with E-state index in [-0.39, 0.29) is 50.5 Å². The highest BCUT2D eigenvalue weighted by Gasteiger charge is 2.38. The highest BCUT2D eigenvalue weighted by Crippen LogP contribution is 2.39. The lowest BCUT2D eigenvalue weighted by molar-refractivity contribution is -0.135. The molecule has 0 aliphatic heterocycles.